The summed E-state index contributed by atoms with van der Waals surface area (Å²) in [5.41, 5.74) is 6.92. The second-order valence-corrected chi connectivity index (χ2v) is 4.34. The Balaban J connectivity index is 2.18. The van der Waals surface area contributed by atoms with Crippen LogP contribution in [0.2, 0.25) is 0 Å². The SMILES string of the molecule is CCOc1ccccc1CC(CN)c1nnc(C)o1. The summed E-state index contributed by atoms with van der Waals surface area (Å²) < 4.78 is 11.1. The first-order chi connectivity index (χ1) is 9.24. The van der Waals surface area contributed by atoms with E-state index >= 15 is 0 Å². The first-order valence-electron chi connectivity index (χ1n) is 6.45. The fraction of sp³-hybridized carbons (Fsp3) is 0.429. The number of benzene rings is 1. The van der Waals surface area contributed by atoms with Gasteiger partial charge in [-0.1, -0.05) is 18.2 Å². The lowest BCUT2D eigenvalue weighted by Crippen LogP contribution is -2.16. The van der Waals surface area contributed by atoms with Gasteiger partial charge in [0.2, 0.25) is 11.8 Å². The summed E-state index contributed by atoms with van der Waals surface area (Å²) >= 11 is 0. The minimum Gasteiger partial charge on any atom is -0.494 e. The molecule has 1 atom stereocenters. The van der Waals surface area contributed by atoms with E-state index in [9.17, 15) is 0 Å². The minimum absolute atomic E-state index is 0.0165. The summed E-state index contributed by atoms with van der Waals surface area (Å²) in [6, 6.07) is 7.95. The fourth-order valence-corrected chi connectivity index (χ4v) is 1.98. The molecular formula is C14H19N3O2. The smallest absolute Gasteiger partial charge is 0.221 e. The van der Waals surface area contributed by atoms with Crippen molar-refractivity contribution in [2.75, 3.05) is 13.2 Å². The van der Waals surface area contributed by atoms with Gasteiger partial charge in [0.05, 0.1) is 12.5 Å². The zero-order valence-corrected chi connectivity index (χ0v) is 11.3. The molecule has 0 aliphatic heterocycles. The Bertz CT molecular complexity index is 525. The molecule has 0 saturated heterocycles. The van der Waals surface area contributed by atoms with Crippen molar-refractivity contribution >= 4 is 0 Å². The van der Waals surface area contributed by atoms with Crippen molar-refractivity contribution in [2.24, 2.45) is 5.73 Å². The van der Waals surface area contributed by atoms with E-state index in [1.807, 2.05) is 31.2 Å². The molecule has 5 heteroatoms. The molecule has 0 saturated carbocycles. The van der Waals surface area contributed by atoms with E-state index < -0.39 is 0 Å². The molecule has 1 aromatic heterocycles. The summed E-state index contributed by atoms with van der Waals surface area (Å²) in [4.78, 5) is 0. The molecule has 0 fully saturated rings. The molecule has 102 valence electrons. The van der Waals surface area contributed by atoms with Crippen LogP contribution < -0.4 is 10.5 Å². The lowest BCUT2D eigenvalue weighted by Gasteiger charge is -2.14. The van der Waals surface area contributed by atoms with Crippen LogP contribution in [-0.4, -0.2) is 23.3 Å². The first-order valence-corrected chi connectivity index (χ1v) is 6.45. The van der Waals surface area contributed by atoms with Gasteiger partial charge in [-0.15, -0.1) is 10.2 Å². The van der Waals surface area contributed by atoms with E-state index in [-0.39, 0.29) is 5.92 Å². The molecule has 2 aromatic rings. The fourth-order valence-electron chi connectivity index (χ4n) is 1.98. The lowest BCUT2D eigenvalue weighted by atomic mass is 9.98. The van der Waals surface area contributed by atoms with Gasteiger partial charge in [-0.2, -0.15) is 0 Å². The van der Waals surface area contributed by atoms with Crippen LogP contribution in [0.4, 0.5) is 0 Å². The van der Waals surface area contributed by atoms with Crippen LogP contribution in [0.25, 0.3) is 0 Å². The van der Waals surface area contributed by atoms with E-state index in [1.165, 1.54) is 0 Å². The standard InChI is InChI=1S/C14H19N3O2/c1-3-18-13-7-5-4-6-11(13)8-12(9-15)14-17-16-10(2)19-14/h4-7,12H,3,8-9,15H2,1-2H3. The molecule has 1 unspecified atom stereocenters. The van der Waals surface area contributed by atoms with Crippen LogP contribution in [0.5, 0.6) is 5.75 Å². The van der Waals surface area contributed by atoms with Crippen molar-refractivity contribution in [1.82, 2.24) is 10.2 Å². The normalized spacial score (nSPS) is 12.4. The van der Waals surface area contributed by atoms with E-state index in [4.69, 9.17) is 14.9 Å². The van der Waals surface area contributed by atoms with Crippen LogP contribution in [0.15, 0.2) is 28.7 Å². The summed E-state index contributed by atoms with van der Waals surface area (Å²) in [6.45, 7) is 4.85. The molecule has 0 aliphatic carbocycles. The van der Waals surface area contributed by atoms with E-state index in [0.29, 0.717) is 24.9 Å². The van der Waals surface area contributed by atoms with Crippen LogP contribution in [0.1, 0.15) is 30.2 Å². The number of hydrogen-bond acceptors (Lipinski definition) is 5. The zero-order chi connectivity index (χ0) is 13.7. The third kappa shape index (κ3) is 3.32. The highest BCUT2D eigenvalue weighted by atomic mass is 16.5. The molecule has 2 rings (SSSR count). The van der Waals surface area contributed by atoms with Gasteiger partial charge >= 0.3 is 0 Å². The van der Waals surface area contributed by atoms with Crippen molar-refractivity contribution in [1.29, 1.82) is 0 Å². The first kappa shape index (κ1) is 13.5. The van der Waals surface area contributed by atoms with E-state index in [2.05, 4.69) is 10.2 Å². The van der Waals surface area contributed by atoms with Gasteiger partial charge in [-0.3, -0.25) is 0 Å². The number of para-hydroxylation sites is 1. The largest absolute Gasteiger partial charge is 0.494 e. The summed E-state index contributed by atoms with van der Waals surface area (Å²) in [5, 5.41) is 7.90. The van der Waals surface area contributed by atoms with Crippen molar-refractivity contribution in [3.05, 3.63) is 41.6 Å². The van der Waals surface area contributed by atoms with Crippen molar-refractivity contribution in [3.8, 4) is 5.75 Å². The molecule has 19 heavy (non-hydrogen) atoms. The molecule has 0 aliphatic rings. The molecular weight excluding hydrogens is 242 g/mol. The molecule has 2 N–H and O–H groups in total. The highest BCUT2D eigenvalue weighted by molar-refractivity contribution is 5.34. The van der Waals surface area contributed by atoms with Gasteiger partial charge in [0.1, 0.15) is 5.75 Å². The highest BCUT2D eigenvalue weighted by Crippen LogP contribution is 2.25. The van der Waals surface area contributed by atoms with Crippen molar-refractivity contribution < 1.29 is 9.15 Å². The highest BCUT2D eigenvalue weighted by Gasteiger charge is 2.18. The number of nitrogens with zero attached hydrogens (tertiary/aromatic N) is 2. The van der Waals surface area contributed by atoms with Crippen LogP contribution in [0.3, 0.4) is 0 Å². The monoisotopic (exact) mass is 261 g/mol. The molecule has 0 amide bonds. The molecule has 0 spiro atoms. The predicted octanol–water partition coefficient (Wildman–Crippen LogP) is 2.06. The maximum atomic E-state index is 5.82. The number of rotatable bonds is 6. The average Bonchev–Trinajstić information content (AvgIpc) is 2.84. The minimum atomic E-state index is 0.0165. The Kier molecular flexibility index (Phi) is 4.52. The topological polar surface area (TPSA) is 74.2 Å². The maximum absolute atomic E-state index is 5.82. The molecule has 0 bridgehead atoms. The third-order valence-electron chi connectivity index (χ3n) is 2.91. The Morgan fingerprint density at radius 3 is 2.74 bits per heavy atom. The second-order valence-electron chi connectivity index (χ2n) is 4.34. The number of ether oxygens (including phenoxy) is 1. The van der Waals surface area contributed by atoms with Crippen molar-refractivity contribution in [3.63, 3.8) is 0 Å². The van der Waals surface area contributed by atoms with Crippen molar-refractivity contribution in [2.45, 2.75) is 26.2 Å². The molecule has 1 aromatic carbocycles. The molecule has 5 nitrogen and oxygen atoms in total. The molecule has 1 heterocycles. The average molecular weight is 261 g/mol. The Labute approximate surface area is 112 Å². The molecule has 0 radical (unpaired) electrons. The summed E-state index contributed by atoms with van der Waals surface area (Å²) in [6.07, 6.45) is 0.730. The lowest BCUT2D eigenvalue weighted by molar-refractivity contribution is 0.334. The maximum Gasteiger partial charge on any atom is 0.221 e. The number of nitrogens with two attached hydrogens (primary N) is 1. The number of hydrogen-bond donors (Lipinski definition) is 1. The number of aromatic nitrogens is 2. The summed E-state index contributed by atoms with van der Waals surface area (Å²) in [7, 11) is 0. The second kappa shape index (κ2) is 6.33. The Morgan fingerprint density at radius 1 is 1.32 bits per heavy atom. The van der Waals surface area contributed by atoms with Crippen LogP contribution in [0, 0.1) is 6.92 Å². The van der Waals surface area contributed by atoms with Gasteiger partial charge in [0, 0.05) is 13.5 Å². The van der Waals surface area contributed by atoms with Gasteiger partial charge in [-0.25, -0.2) is 0 Å². The number of aryl methyl sites for hydroxylation is 1. The van der Waals surface area contributed by atoms with Crippen LogP contribution >= 0.6 is 0 Å². The van der Waals surface area contributed by atoms with Gasteiger partial charge in [0.25, 0.3) is 0 Å². The summed E-state index contributed by atoms with van der Waals surface area (Å²) in [5.74, 6) is 2.06. The predicted molar refractivity (Wildman–Crippen MR) is 72.1 cm³/mol. The third-order valence-corrected chi connectivity index (χ3v) is 2.91. The Morgan fingerprint density at radius 2 is 2.11 bits per heavy atom. The van der Waals surface area contributed by atoms with Crippen LogP contribution in [-0.2, 0) is 6.42 Å². The van der Waals surface area contributed by atoms with Gasteiger partial charge in [0.15, 0.2) is 0 Å². The zero-order valence-electron chi connectivity index (χ0n) is 11.3. The Hall–Kier alpha value is -1.88. The van der Waals surface area contributed by atoms with E-state index in [1.54, 1.807) is 6.92 Å². The van der Waals surface area contributed by atoms with Gasteiger partial charge < -0.3 is 14.9 Å². The van der Waals surface area contributed by atoms with E-state index in [0.717, 1.165) is 17.7 Å². The quantitative estimate of drug-likeness (QED) is 0.861. The van der Waals surface area contributed by atoms with Gasteiger partial charge in [-0.05, 0) is 25.0 Å².